The van der Waals surface area contributed by atoms with Crippen molar-refractivity contribution in [3.05, 3.63) is 29.8 Å². The Morgan fingerprint density at radius 3 is 2.35 bits per heavy atom. The highest BCUT2D eigenvalue weighted by molar-refractivity contribution is 5.54. The van der Waals surface area contributed by atoms with Crippen molar-refractivity contribution in [2.24, 2.45) is 17.3 Å². The lowest BCUT2D eigenvalue weighted by Gasteiger charge is -2.25. The average molecular weight is 357 g/mol. The molecule has 3 heterocycles. The molecule has 4 rings (SSSR count). The number of hydrogen-bond acceptors (Lipinski definition) is 3. The third-order valence-electron chi connectivity index (χ3n) is 7.57. The standard InChI is InChI=1S/C23H36N2O/c1-4-23(5-2)12-21(26-17-23)10-11-24-13-19-15-25(16-20(19)14-24)22-9-7-6-8-18(22)3/h6-9,19-21H,4-5,10-17H2,1-3H3. The van der Waals surface area contributed by atoms with Crippen molar-refractivity contribution in [3.63, 3.8) is 0 Å². The first kappa shape index (κ1) is 18.3. The Kier molecular flexibility index (Phi) is 5.29. The van der Waals surface area contributed by atoms with Gasteiger partial charge in [0.2, 0.25) is 0 Å². The zero-order valence-electron chi connectivity index (χ0n) is 16.9. The van der Waals surface area contributed by atoms with Crippen molar-refractivity contribution in [2.75, 3.05) is 44.2 Å². The molecule has 0 bridgehead atoms. The zero-order valence-corrected chi connectivity index (χ0v) is 16.9. The summed E-state index contributed by atoms with van der Waals surface area (Å²) in [6.45, 7) is 14.2. The van der Waals surface area contributed by atoms with E-state index in [0.29, 0.717) is 11.5 Å². The maximum absolute atomic E-state index is 6.16. The molecule has 3 saturated heterocycles. The van der Waals surface area contributed by atoms with E-state index in [4.69, 9.17) is 4.74 Å². The lowest BCUT2D eigenvalue weighted by molar-refractivity contribution is 0.0806. The molecule has 0 N–H and O–H groups in total. The first-order valence-electron chi connectivity index (χ1n) is 10.8. The van der Waals surface area contributed by atoms with Gasteiger partial charge < -0.3 is 14.5 Å². The second-order valence-corrected chi connectivity index (χ2v) is 9.10. The van der Waals surface area contributed by atoms with Crippen molar-refractivity contribution < 1.29 is 4.74 Å². The SMILES string of the molecule is CCC1(CC)COC(CCN2CC3CN(c4ccccc4C)CC3C2)C1. The van der Waals surface area contributed by atoms with Gasteiger partial charge in [0, 0.05) is 38.4 Å². The molecule has 0 saturated carbocycles. The predicted octanol–water partition coefficient (Wildman–Crippen LogP) is 4.35. The Morgan fingerprint density at radius 2 is 1.73 bits per heavy atom. The highest BCUT2D eigenvalue weighted by Crippen LogP contribution is 2.40. The molecule has 3 unspecified atom stereocenters. The monoisotopic (exact) mass is 356 g/mol. The third-order valence-corrected chi connectivity index (χ3v) is 7.57. The minimum Gasteiger partial charge on any atom is -0.378 e. The van der Waals surface area contributed by atoms with Crippen LogP contribution >= 0.6 is 0 Å². The molecule has 1 aromatic rings. The van der Waals surface area contributed by atoms with Crippen molar-refractivity contribution in [1.29, 1.82) is 0 Å². The molecule has 26 heavy (non-hydrogen) atoms. The van der Waals surface area contributed by atoms with Gasteiger partial charge in [0.1, 0.15) is 0 Å². The molecule has 0 spiro atoms. The maximum Gasteiger partial charge on any atom is 0.0593 e. The van der Waals surface area contributed by atoms with E-state index < -0.39 is 0 Å². The van der Waals surface area contributed by atoms with Crippen LogP contribution in [0.3, 0.4) is 0 Å². The van der Waals surface area contributed by atoms with Crippen LogP contribution in [0.15, 0.2) is 24.3 Å². The molecule has 0 radical (unpaired) electrons. The van der Waals surface area contributed by atoms with Crippen LogP contribution in [0.25, 0.3) is 0 Å². The number of likely N-dealkylation sites (tertiary alicyclic amines) is 1. The highest BCUT2D eigenvalue weighted by Gasteiger charge is 2.41. The summed E-state index contributed by atoms with van der Waals surface area (Å²) in [5.74, 6) is 1.70. The molecule has 3 aliphatic heterocycles. The lowest BCUT2D eigenvalue weighted by Crippen LogP contribution is -2.31. The van der Waals surface area contributed by atoms with E-state index in [2.05, 4.69) is 54.8 Å². The molecule has 0 aromatic heterocycles. The molecule has 3 fully saturated rings. The van der Waals surface area contributed by atoms with Gasteiger partial charge in [0.15, 0.2) is 0 Å². The topological polar surface area (TPSA) is 15.7 Å². The minimum atomic E-state index is 0.472. The Balaban J connectivity index is 1.25. The number of anilines is 1. The largest absolute Gasteiger partial charge is 0.378 e. The van der Waals surface area contributed by atoms with Gasteiger partial charge in [-0.25, -0.2) is 0 Å². The van der Waals surface area contributed by atoms with Crippen LogP contribution in [0.1, 0.15) is 45.1 Å². The molecule has 1 aromatic carbocycles. The summed E-state index contributed by atoms with van der Waals surface area (Å²) in [5.41, 5.74) is 3.33. The van der Waals surface area contributed by atoms with Gasteiger partial charge in [-0.3, -0.25) is 0 Å². The summed E-state index contributed by atoms with van der Waals surface area (Å²) in [6.07, 6.45) is 5.54. The second kappa shape index (κ2) is 7.52. The average Bonchev–Trinajstić information content (AvgIpc) is 3.33. The van der Waals surface area contributed by atoms with Gasteiger partial charge in [-0.1, -0.05) is 32.0 Å². The van der Waals surface area contributed by atoms with Gasteiger partial charge in [0.25, 0.3) is 0 Å². The van der Waals surface area contributed by atoms with Crippen LogP contribution < -0.4 is 4.90 Å². The van der Waals surface area contributed by atoms with Crippen LogP contribution in [0.4, 0.5) is 5.69 Å². The molecule has 144 valence electrons. The van der Waals surface area contributed by atoms with Gasteiger partial charge >= 0.3 is 0 Å². The fraction of sp³-hybridized carbons (Fsp3) is 0.739. The molecule has 0 aliphatic carbocycles. The lowest BCUT2D eigenvalue weighted by atomic mass is 9.80. The molecule has 3 atom stereocenters. The van der Waals surface area contributed by atoms with Gasteiger partial charge in [-0.2, -0.15) is 0 Å². The van der Waals surface area contributed by atoms with E-state index in [0.717, 1.165) is 18.4 Å². The van der Waals surface area contributed by atoms with E-state index >= 15 is 0 Å². The number of para-hydroxylation sites is 1. The number of nitrogens with zero attached hydrogens (tertiary/aromatic N) is 2. The van der Waals surface area contributed by atoms with Crippen molar-refractivity contribution in [1.82, 2.24) is 4.90 Å². The van der Waals surface area contributed by atoms with Crippen LogP contribution in [0.5, 0.6) is 0 Å². The van der Waals surface area contributed by atoms with Gasteiger partial charge in [0.05, 0.1) is 12.7 Å². The Labute approximate surface area is 159 Å². The normalized spacial score (nSPS) is 30.9. The third kappa shape index (κ3) is 3.53. The van der Waals surface area contributed by atoms with Gasteiger partial charge in [-0.05, 0) is 61.5 Å². The van der Waals surface area contributed by atoms with E-state index in [9.17, 15) is 0 Å². The smallest absolute Gasteiger partial charge is 0.0593 e. The summed E-state index contributed by atoms with van der Waals surface area (Å²) in [4.78, 5) is 5.34. The summed E-state index contributed by atoms with van der Waals surface area (Å²) < 4.78 is 6.16. The fourth-order valence-electron chi connectivity index (χ4n) is 5.54. The summed E-state index contributed by atoms with van der Waals surface area (Å²) in [6, 6.07) is 8.86. The number of aryl methyl sites for hydroxylation is 1. The van der Waals surface area contributed by atoms with Crippen LogP contribution in [0, 0.1) is 24.2 Å². The molecule has 3 aliphatic rings. The Morgan fingerprint density at radius 1 is 1.04 bits per heavy atom. The van der Waals surface area contributed by atoms with Gasteiger partial charge in [-0.15, -0.1) is 0 Å². The maximum atomic E-state index is 6.16. The molecule has 0 amide bonds. The highest BCUT2D eigenvalue weighted by atomic mass is 16.5. The summed E-state index contributed by atoms with van der Waals surface area (Å²) in [5, 5.41) is 0. The number of hydrogen-bond donors (Lipinski definition) is 0. The van der Waals surface area contributed by atoms with Crippen LogP contribution in [-0.2, 0) is 4.74 Å². The number of fused-ring (bicyclic) bond motifs is 1. The van der Waals surface area contributed by atoms with E-state index in [-0.39, 0.29) is 0 Å². The molecule has 3 heteroatoms. The summed E-state index contributed by atoms with van der Waals surface area (Å²) in [7, 11) is 0. The van der Waals surface area contributed by atoms with E-state index in [1.807, 2.05) is 0 Å². The molecule has 3 nitrogen and oxygen atoms in total. The minimum absolute atomic E-state index is 0.472. The summed E-state index contributed by atoms with van der Waals surface area (Å²) >= 11 is 0. The van der Waals surface area contributed by atoms with E-state index in [1.165, 1.54) is 69.7 Å². The Bertz CT molecular complexity index is 598. The molecular weight excluding hydrogens is 320 g/mol. The quantitative estimate of drug-likeness (QED) is 0.754. The second-order valence-electron chi connectivity index (χ2n) is 9.10. The fourth-order valence-corrected chi connectivity index (χ4v) is 5.54. The van der Waals surface area contributed by atoms with Crippen molar-refractivity contribution in [2.45, 2.75) is 52.6 Å². The number of ether oxygens (including phenoxy) is 1. The first-order chi connectivity index (χ1) is 12.6. The van der Waals surface area contributed by atoms with Crippen molar-refractivity contribution in [3.8, 4) is 0 Å². The van der Waals surface area contributed by atoms with E-state index in [1.54, 1.807) is 0 Å². The number of benzene rings is 1. The molecular formula is C23H36N2O. The van der Waals surface area contributed by atoms with Crippen LogP contribution in [0.2, 0.25) is 0 Å². The van der Waals surface area contributed by atoms with Crippen LogP contribution in [-0.4, -0.2) is 50.3 Å². The van der Waals surface area contributed by atoms with Crippen molar-refractivity contribution >= 4 is 5.69 Å². The first-order valence-corrected chi connectivity index (χ1v) is 10.8. The Hall–Kier alpha value is -1.06. The predicted molar refractivity (Wildman–Crippen MR) is 109 cm³/mol. The zero-order chi connectivity index (χ0) is 18.1. The number of rotatable bonds is 6.